The van der Waals surface area contributed by atoms with Gasteiger partial charge in [0.05, 0.1) is 49.1 Å². The van der Waals surface area contributed by atoms with E-state index in [1.54, 1.807) is 46.8 Å². The first-order valence-electron chi connectivity index (χ1n) is 24.2. The maximum absolute atomic E-state index is 12.4. The number of nitrogens with zero attached hydrogens (tertiary/aromatic N) is 1. The van der Waals surface area contributed by atoms with Crippen molar-refractivity contribution in [1.29, 1.82) is 0 Å². The third-order valence-electron chi connectivity index (χ3n) is 10.8. The minimum atomic E-state index is -0.972. The van der Waals surface area contributed by atoms with Gasteiger partial charge >= 0.3 is 18.0 Å². The molecule has 3 amide bonds. The predicted molar refractivity (Wildman–Crippen MR) is 273 cm³/mol. The molecule has 0 spiro atoms. The van der Waals surface area contributed by atoms with Crippen LogP contribution >= 0.6 is 11.8 Å². The van der Waals surface area contributed by atoms with Crippen molar-refractivity contribution < 1.29 is 73.7 Å². The van der Waals surface area contributed by atoms with Crippen LogP contribution in [0.5, 0.6) is 0 Å². The number of carboxylic acid groups (broad SMARTS) is 1. The number of carbonyl (C=O) groups excluding carboxylic acids is 6. The third kappa shape index (κ3) is 33.7. The average Bonchev–Trinajstić information content (AvgIpc) is 3.72. The summed E-state index contributed by atoms with van der Waals surface area (Å²) in [5, 5.41) is 57.6. The van der Waals surface area contributed by atoms with Crippen LogP contribution in [-0.4, -0.2) is 139 Å². The highest BCUT2D eigenvalue weighted by molar-refractivity contribution is 8.14. The number of aliphatic carboxylic acids is 1. The molecule has 7 N–H and O–H groups in total. The quantitative estimate of drug-likeness (QED) is 0.0253. The molecule has 0 aliphatic carbocycles. The van der Waals surface area contributed by atoms with E-state index in [0.29, 0.717) is 57.4 Å². The Hall–Kier alpha value is -4.72. The van der Waals surface area contributed by atoms with Gasteiger partial charge in [0.2, 0.25) is 16.9 Å². The molecule has 17 nitrogen and oxygen atoms in total. The number of nitrogens with one attached hydrogen (secondary N) is 1. The Morgan fingerprint density at radius 3 is 1.60 bits per heavy atom. The van der Waals surface area contributed by atoms with Gasteiger partial charge in [-0.3, -0.25) is 14.4 Å². The van der Waals surface area contributed by atoms with Crippen LogP contribution in [0.4, 0.5) is 4.79 Å². The van der Waals surface area contributed by atoms with E-state index in [1.807, 2.05) is 71.9 Å². The lowest BCUT2D eigenvalue weighted by atomic mass is 9.99. The number of carboxylic acids is 1. The van der Waals surface area contributed by atoms with E-state index in [1.165, 1.54) is 25.2 Å². The molecular weight excluding hydrogens is 925 g/mol. The SMILES string of the molecule is CCOC(=O)/C=C/[C@@H](C)[C@H](O)CC.CC[C@@H](O)[C@H](C)/C=C/C(=O)O.CC[C@@H](O)[C@H](C)/C=C/C(=O)SCCNC(C)=O.CC[C@@H](O)[C@H](C)C(=O)N1C(=O)OC[C@@H]1Cc1ccccc1.CC[C@@H](O)[C@H](C)C=O. The number of aldehydes is 1. The number of aliphatic hydroxyl groups excluding tert-OH is 5. The Balaban J connectivity index is -0.000000833. The first-order chi connectivity index (χ1) is 32.9. The Morgan fingerprint density at radius 2 is 1.19 bits per heavy atom. The molecule has 1 heterocycles. The maximum Gasteiger partial charge on any atom is 0.416 e. The van der Waals surface area contributed by atoms with Gasteiger partial charge in [0, 0.05) is 55.0 Å². The summed E-state index contributed by atoms with van der Waals surface area (Å²) in [5.41, 5.74) is 1.04. The summed E-state index contributed by atoms with van der Waals surface area (Å²) in [6, 6.07) is 9.36. The number of esters is 1. The molecule has 18 heteroatoms. The molecule has 0 bridgehead atoms. The van der Waals surface area contributed by atoms with Crippen molar-refractivity contribution in [3.8, 4) is 0 Å². The van der Waals surface area contributed by atoms with Crippen molar-refractivity contribution in [1.82, 2.24) is 10.2 Å². The number of thioether (sulfide) groups is 1. The lowest BCUT2D eigenvalue weighted by Crippen LogP contribution is -2.45. The highest BCUT2D eigenvalue weighted by Gasteiger charge is 2.41. The topological polar surface area (TPSA) is 275 Å². The largest absolute Gasteiger partial charge is 0.478 e. The Morgan fingerprint density at radius 1 is 0.729 bits per heavy atom. The van der Waals surface area contributed by atoms with Crippen LogP contribution < -0.4 is 5.32 Å². The molecule has 1 saturated heterocycles. The molecule has 1 aliphatic rings. The van der Waals surface area contributed by atoms with Gasteiger partial charge in [-0.2, -0.15) is 0 Å². The van der Waals surface area contributed by atoms with E-state index < -0.39 is 42.4 Å². The van der Waals surface area contributed by atoms with Gasteiger partial charge in [-0.25, -0.2) is 19.3 Å². The summed E-state index contributed by atoms with van der Waals surface area (Å²) < 4.78 is 9.72. The number of hydrogen-bond donors (Lipinski definition) is 7. The number of ether oxygens (including phenoxy) is 2. The number of amides is 3. The smallest absolute Gasteiger partial charge is 0.416 e. The van der Waals surface area contributed by atoms with Gasteiger partial charge < -0.3 is 50.2 Å². The lowest BCUT2D eigenvalue weighted by Gasteiger charge is -2.25. The summed E-state index contributed by atoms with van der Waals surface area (Å²) in [6.45, 7) is 22.5. The highest BCUT2D eigenvalue weighted by Crippen LogP contribution is 2.22. The Bertz CT molecular complexity index is 1710. The highest BCUT2D eigenvalue weighted by atomic mass is 32.2. The van der Waals surface area contributed by atoms with Crippen molar-refractivity contribution in [3.63, 3.8) is 0 Å². The van der Waals surface area contributed by atoms with Crippen molar-refractivity contribution >= 4 is 53.0 Å². The molecule has 1 fully saturated rings. The summed E-state index contributed by atoms with van der Waals surface area (Å²) in [6.07, 6.45) is 10.2. The minimum Gasteiger partial charge on any atom is -0.478 e. The van der Waals surface area contributed by atoms with Gasteiger partial charge in [0.15, 0.2) is 0 Å². The number of hydrogen-bond acceptors (Lipinski definition) is 15. The molecule has 400 valence electrons. The van der Waals surface area contributed by atoms with Crippen LogP contribution in [0, 0.1) is 29.6 Å². The fourth-order valence-electron chi connectivity index (χ4n) is 5.78. The van der Waals surface area contributed by atoms with Crippen molar-refractivity contribution in [2.75, 3.05) is 25.5 Å². The van der Waals surface area contributed by atoms with Gasteiger partial charge in [0.25, 0.3) is 0 Å². The molecule has 1 aliphatic heterocycles. The molecule has 0 unspecified atom stereocenters. The Kier molecular flexibility index (Phi) is 41.7. The maximum atomic E-state index is 12.4. The van der Waals surface area contributed by atoms with Crippen molar-refractivity contribution in [3.05, 3.63) is 72.4 Å². The summed E-state index contributed by atoms with van der Waals surface area (Å²) in [4.78, 5) is 78.2. The van der Waals surface area contributed by atoms with Crippen LogP contribution in [0.3, 0.4) is 0 Å². The number of imide groups is 1. The van der Waals surface area contributed by atoms with E-state index in [4.69, 9.17) is 19.7 Å². The van der Waals surface area contributed by atoms with E-state index in [2.05, 4.69) is 5.32 Å². The van der Waals surface area contributed by atoms with Crippen molar-refractivity contribution in [2.45, 2.75) is 158 Å². The fraction of sp³-hybridized carbons (Fsp3) is 0.635. The zero-order chi connectivity index (χ0) is 54.4. The van der Waals surface area contributed by atoms with Gasteiger partial charge in [-0.15, -0.1) is 0 Å². The van der Waals surface area contributed by atoms with Crippen LogP contribution in [0.2, 0.25) is 0 Å². The molecule has 0 saturated carbocycles. The fourth-order valence-corrected chi connectivity index (χ4v) is 6.36. The molecule has 2 rings (SSSR count). The first kappa shape index (κ1) is 69.5. The number of aliphatic hydroxyl groups is 5. The van der Waals surface area contributed by atoms with Crippen LogP contribution in [0.1, 0.15) is 121 Å². The van der Waals surface area contributed by atoms with Crippen LogP contribution in [0.15, 0.2) is 66.8 Å². The van der Waals surface area contributed by atoms with Crippen LogP contribution in [0.25, 0.3) is 0 Å². The molecule has 70 heavy (non-hydrogen) atoms. The monoisotopic (exact) mass is 1010 g/mol. The second-order valence-corrected chi connectivity index (χ2v) is 17.8. The summed E-state index contributed by atoms with van der Waals surface area (Å²) in [5.74, 6) is -2.14. The molecular formula is C52H86N2O15S. The molecule has 1 aromatic carbocycles. The van der Waals surface area contributed by atoms with Gasteiger partial charge in [-0.1, -0.05) is 130 Å². The summed E-state index contributed by atoms with van der Waals surface area (Å²) >= 11 is 1.16. The first-order valence-corrected chi connectivity index (χ1v) is 25.2. The number of cyclic esters (lactones) is 1. The number of rotatable bonds is 24. The zero-order valence-electron chi connectivity index (χ0n) is 43.6. The van der Waals surface area contributed by atoms with Crippen LogP contribution in [-0.2, 0) is 44.7 Å². The lowest BCUT2D eigenvalue weighted by molar-refractivity contribution is -0.137. The standard InChI is InChI=1S/C16H21NO4.C12H21NO3S.C10H18O3.C8H14O3.C6H12O2/c1-3-14(18)11(2)15(19)17-13(10-21-16(17)20)9-12-7-5-4-6-8-12;1-4-11(15)9(2)5-6-12(16)17-8-7-13-10(3)14;1-4-9(11)8(3)6-7-10(12)13-5-2;1-3-7(9)6(2)4-5-8(10)11;1-3-6(8)5(2)4-7/h4-8,11,13-14,18H,3,9-10H2,1-2H3;5-6,9,11,15H,4,7-8H2,1-3H3,(H,13,14);6-9,11H,4-5H2,1-3H3;4-7,9H,3H2,1-2H3,(H,10,11);4-6,8H,3H2,1-2H3/b;6-5+;7-6+;5-4+;/t11-,13-,14+;9-,11-;8-,9-;6-,7-;5-,6-/m01111/s1. The van der Waals surface area contributed by atoms with Gasteiger partial charge in [0.1, 0.15) is 12.9 Å². The second-order valence-electron chi connectivity index (χ2n) is 16.7. The molecule has 1 aromatic rings. The van der Waals surface area contributed by atoms with E-state index in [-0.39, 0.29) is 65.3 Å². The summed E-state index contributed by atoms with van der Waals surface area (Å²) in [7, 11) is 0. The second kappa shape index (κ2) is 42.0. The van der Waals surface area contributed by atoms with Gasteiger partial charge in [-0.05, 0) is 57.1 Å². The number of carbonyl (C=O) groups is 7. The zero-order valence-corrected chi connectivity index (χ0v) is 44.4. The van der Waals surface area contributed by atoms with E-state index >= 15 is 0 Å². The molecule has 0 aromatic heterocycles. The Labute approximate surface area is 421 Å². The van der Waals surface area contributed by atoms with E-state index in [0.717, 1.165) is 34.6 Å². The average molecular weight is 1010 g/mol. The normalized spacial score (nSPS) is 17.4. The minimum absolute atomic E-state index is 0.00518. The molecule has 11 atom stereocenters. The predicted octanol–water partition coefficient (Wildman–Crippen LogP) is 6.47. The molecule has 0 radical (unpaired) electrons. The third-order valence-corrected chi connectivity index (χ3v) is 11.7. The van der Waals surface area contributed by atoms with E-state index in [9.17, 15) is 54.0 Å². The van der Waals surface area contributed by atoms with Crippen molar-refractivity contribution in [2.24, 2.45) is 29.6 Å². The number of benzene rings is 1.